The summed E-state index contributed by atoms with van der Waals surface area (Å²) in [5, 5.41) is 6.97. The van der Waals surface area contributed by atoms with Crippen molar-refractivity contribution in [2.24, 2.45) is 16.3 Å². The summed E-state index contributed by atoms with van der Waals surface area (Å²) in [5.74, 6) is 1.19. The van der Waals surface area contributed by atoms with Gasteiger partial charge in [0.1, 0.15) is 5.82 Å². The third-order valence-corrected chi connectivity index (χ3v) is 7.33. The van der Waals surface area contributed by atoms with Crippen LogP contribution in [0.2, 0.25) is 0 Å². The molecule has 4 rings (SSSR count). The van der Waals surface area contributed by atoms with Crippen molar-refractivity contribution < 1.29 is 9.13 Å². The molecule has 2 saturated heterocycles. The summed E-state index contributed by atoms with van der Waals surface area (Å²) in [6.07, 6.45) is 1.44. The van der Waals surface area contributed by atoms with Crippen LogP contribution in [0.25, 0.3) is 0 Å². The van der Waals surface area contributed by atoms with E-state index in [1.54, 1.807) is 6.07 Å². The first-order valence-corrected chi connectivity index (χ1v) is 11.9. The molecule has 2 N–H and O–H groups in total. The Hall–Kier alpha value is -1.86. The molecule has 2 heterocycles. The number of aliphatic imine (C=N–C) groups is 1. The molecule has 7 heteroatoms. The number of piperazine rings is 1. The topological polar surface area (TPSA) is 52.1 Å². The molecular weight excluding hydrogens is 393 g/mol. The van der Waals surface area contributed by atoms with Crippen molar-refractivity contribution >= 4 is 11.6 Å². The Bertz CT molecular complexity index is 790. The number of likely N-dealkylation sites (N-methyl/N-ethyl adjacent to an activating group) is 1. The molecule has 6 nitrogen and oxygen atoms in total. The Morgan fingerprint density at radius 1 is 1.23 bits per heavy atom. The van der Waals surface area contributed by atoms with Crippen molar-refractivity contribution in [2.45, 2.75) is 52.8 Å². The van der Waals surface area contributed by atoms with Gasteiger partial charge in [-0.15, -0.1) is 0 Å². The molecule has 3 aliphatic rings. The van der Waals surface area contributed by atoms with Gasteiger partial charge in [0.25, 0.3) is 0 Å². The van der Waals surface area contributed by atoms with E-state index in [4.69, 9.17) is 9.73 Å². The van der Waals surface area contributed by atoms with E-state index in [9.17, 15) is 4.39 Å². The van der Waals surface area contributed by atoms with Crippen molar-refractivity contribution in [3.05, 3.63) is 29.6 Å². The normalized spacial score (nSPS) is 28.2. The zero-order valence-corrected chi connectivity index (χ0v) is 19.5. The maximum atomic E-state index is 14.9. The van der Waals surface area contributed by atoms with Crippen LogP contribution in [0.5, 0.6) is 0 Å². The van der Waals surface area contributed by atoms with Crippen molar-refractivity contribution in [2.75, 3.05) is 50.8 Å². The summed E-state index contributed by atoms with van der Waals surface area (Å²) < 4.78 is 20.8. The van der Waals surface area contributed by atoms with E-state index in [1.807, 2.05) is 12.1 Å². The van der Waals surface area contributed by atoms with Crippen LogP contribution in [0.3, 0.4) is 0 Å². The number of guanidine groups is 1. The third-order valence-electron chi connectivity index (χ3n) is 7.33. The van der Waals surface area contributed by atoms with Crippen LogP contribution in [-0.2, 0) is 11.3 Å². The number of fused-ring (bicyclic) bond motifs is 1. The lowest BCUT2D eigenvalue weighted by atomic mass is 9.57. The molecule has 0 spiro atoms. The predicted octanol–water partition coefficient (Wildman–Crippen LogP) is 2.84. The van der Waals surface area contributed by atoms with E-state index in [1.165, 1.54) is 0 Å². The van der Waals surface area contributed by atoms with Crippen LogP contribution < -0.4 is 15.5 Å². The van der Waals surface area contributed by atoms with E-state index in [2.05, 4.69) is 48.1 Å². The molecule has 1 aliphatic carbocycles. The SMILES string of the molecule is CCNC(=NCc1ccc(N2CCN(CC)CC2)c(F)c1)NC1C2CCOC2C1(C)C. The van der Waals surface area contributed by atoms with Crippen molar-refractivity contribution in [3.8, 4) is 0 Å². The van der Waals surface area contributed by atoms with E-state index >= 15 is 0 Å². The first-order chi connectivity index (χ1) is 14.9. The summed E-state index contributed by atoms with van der Waals surface area (Å²) in [6, 6.07) is 5.91. The number of hydrogen-bond acceptors (Lipinski definition) is 4. The lowest BCUT2D eigenvalue weighted by Gasteiger charge is -2.54. The van der Waals surface area contributed by atoms with Crippen molar-refractivity contribution in [1.82, 2.24) is 15.5 Å². The second-order valence-corrected chi connectivity index (χ2v) is 9.59. The first kappa shape index (κ1) is 22.3. The lowest BCUT2D eigenvalue weighted by molar-refractivity contribution is -0.106. The minimum Gasteiger partial charge on any atom is -0.377 e. The van der Waals surface area contributed by atoms with Gasteiger partial charge in [0.2, 0.25) is 0 Å². The average Bonchev–Trinajstić information content (AvgIpc) is 3.23. The Morgan fingerprint density at radius 2 is 2.00 bits per heavy atom. The summed E-state index contributed by atoms with van der Waals surface area (Å²) >= 11 is 0. The van der Waals surface area contributed by atoms with Gasteiger partial charge >= 0.3 is 0 Å². The van der Waals surface area contributed by atoms with Crippen LogP contribution in [0.15, 0.2) is 23.2 Å². The second-order valence-electron chi connectivity index (χ2n) is 9.59. The minimum atomic E-state index is -0.151. The average molecular weight is 432 g/mol. The quantitative estimate of drug-likeness (QED) is 0.536. The highest BCUT2D eigenvalue weighted by Crippen LogP contribution is 2.52. The van der Waals surface area contributed by atoms with E-state index in [0.717, 1.165) is 63.8 Å². The fourth-order valence-corrected chi connectivity index (χ4v) is 5.47. The van der Waals surface area contributed by atoms with Gasteiger partial charge < -0.3 is 25.2 Å². The van der Waals surface area contributed by atoms with Gasteiger partial charge in [0, 0.05) is 56.7 Å². The number of hydrogen-bond donors (Lipinski definition) is 2. The maximum absolute atomic E-state index is 14.9. The molecule has 1 aromatic rings. The van der Waals surface area contributed by atoms with E-state index in [0.29, 0.717) is 30.3 Å². The Kier molecular flexibility index (Phi) is 6.72. The molecule has 0 bridgehead atoms. The lowest BCUT2D eigenvalue weighted by Crippen LogP contribution is -2.67. The van der Waals surface area contributed by atoms with Crippen LogP contribution in [0.4, 0.5) is 10.1 Å². The molecule has 2 aliphatic heterocycles. The zero-order chi connectivity index (χ0) is 22.0. The Balaban J connectivity index is 1.39. The molecule has 172 valence electrons. The van der Waals surface area contributed by atoms with Crippen molar-refractivity contribution in [3.63, 3.8) is 0 Å². The third kappa shape index (κ3) is 4.53. The molecule has 0 radical (unpaired) electrons. The number of nitrogens with one attached hydrogen (secondary N) is 2. The number of nitrogens with zero attached hydrogens (tertiary/aromatic N) is 3. The van der Waals surface area contributed by atoms with E-state index < -0.39 is 0 Å². The van der Waals surface area contributed by atoms with E-state index in [-0.39, 0.29) is 11.2 Å². The molecular formula is C24H38FN5O. The number of rotatable bonds is 6. The molecule has 3 unspecified atom stereocenters. The molecule has 0 aromatic heterocycles. The van der Waals surface area contributed by atoms with Crippen LogP contribution >= 0.6 is 0 Å². The minimum absolute atomic E-state index is 0.0902. The summed E-state index contributed by atoms with van der Waals surface area (Å²) in [7, 11) is 0. The number of anilines is 1. The standard InChI is InChI=1S/C24H38FN5O/c1-5-26-23(28-21-18-9-14-31-22(18)24(21,3)4)27-16-17-7-8-20(19(25)15-17)30-12-10-29(6-2)11-13-30/h7-8,15,18,21-22H,5-6,9-14,16H2,1-4H3,(H2,26,27,28). The van der Waals surface area contributed by atoms with Gasteiger partial charge in [-0.25, -0.2) is 9.38 Å². The second kappa shape index (κ2) is 9.33. The van der Waals surface area contributed by atoms with Gasteiger partial charge in [-0.2, -0.15) is 0 Å². The largest absolute Gasteiger partial charge is 0.377 e. The van der Waals surface area contributed by atoms with Gasteiger partial charge in [-0.3, -0.25) is 0 Å². The number of ether oxygens (including phenoxy) is 1. The van der Waals surface area contributed by atoms with Crippen molar-refractivity contribution in [1.29, 1.82) is 0 Å². The summed E-state index contributed by atoms with van der Waals surface area (Å²) in [5.41, 5.74) is 1.69. The van der Waals surface area contributed by atoms with Crippen LogP contribution in [0, 0.1) is 17.2 Å². The summed E-state index contributed by atoms with van der Waals surface area (Å²) in [6.45, 7) is 15.6. The number of halogens is 1. The molecule has 1 saturated carbocycles. The van der Waals surface area contributed by atoms with Gasteiger partial charge in [0.15, 0.2) is 5.96 Å². The maximum Gasteiger partial charge on any atom is 0.191 e. The molecule has 3 atom stereocenters. The summed E-state index contributed by atoms with van der Waals surface area (Å²) in [4.78, 5) is 9.31. The Morgan fingerprint density at radius 3 is 2.68 bits per heavy atom. The highest BCUT2D eigenvalue weighted by atomic mass is 19.1. The molecule has 3 fully saturated rings. The fraction of sp³-hybridized carbons (Fsp3) is 0.708. The monoisotopic (exact) mass is 431 g/mol. The van der Waals surface area contributed by atoms with Crippen LogP contribution in [-0.4, -0.2) is 68.9 Å². The zero-order valence-electron chi connectivity index (χ0n) is 19.5. The highest BCUT2D eigenvalue weighted by molar-refractivity contribution is 5.80. The molecule has 1 aromatic carbocycles. The fourth-order valence-electron chi connectivity index (χ4n) is 5.47. The Labute approximate surface area is 186 Å². The first-order valence-electron chi connectivity index (χ1n) is 11.9. The van der Waals surface area contributed by atoms with Gasteiger partial charge in [-0.1, -0.05) is 26.8 Å². The highest BCUT2D eigenvalue weighted by Gasteiger charge is 2.59. The molecule has 0 amide bonds. The predicted molar refractivity (Wildman–Crippen MR) is 124 cm³/mol. The smallest absolute Gasteiger partial charge is 0.191 e. The van der Waals surface area contributed by atoms with Gasteiger partial charge in [-0.05, 0) is 37.6 Å². The van der Waals surface area contributed by atoms with Gasteiger partial charge in [0.05, 0.1) is 18.3 Å². The molecule has 31 heavy (non-hydrogen) atoms. The number of benzene rings is 1. The van der Waals surface area contributed by atoms with Crippen LogP contribution in [0.1, 0.15) is 39.7 Å².